The molecular formula is C16H28Cl2N4O2. The number of carbonyl (C=O) groups is 1. The van der Waals surface area contributed by atoms with Crippen LogP contribution < -0.4 is 5.32 Å². The quantitative estimate of drug-likeness (QED) is 0.871. The maximum atomic E-state index is 12.8. The largest absolute Gasteiger partial charge is 0.375 e. The molecule has 1 unspecified atom stereocenters. The third-order valence-electron chi connectivity index (χ3n) is 4.75. The van der Waals surface area contributed by atoms with E-state index in [1.165, 1.54) is 0 Å². The number of ether oxygens (including phenoxy) is 1. The summed E-state index contributed by atoms with van der Waals surface area (Å²) in [5.41, 5.74) is 0. The Morgan fingerprint density at radius 2 is 2.25 bits per heavy atom. The number of rotatable bonds is 3. The Bertz CT molecular complexity index is 526. The van der Waals surface area contributed by atoms with E-state index in [2.05, 4.69) is 21.8 Å². The van der Waals surface area contributed by atoms with E-state index in [1.54, 1.807) is 0 Å². The zero-order valence-electron chi connectivity index (χ0n) is 14.3. The lowest BCUT2D eigenvalue weighted by Crippen LogP contribution is -2.57. The van der Waals surface area contributed by atoms with Crippen molar-refractivity contribution < 1.29 is 9.53 Å². The van der Waals surface area contributed by atoms with Crippen LogP contribution in [0.25, 0.3) is 0 Å². The van der Waals surface area contributed by atoms with Crippen LogP contribution in [0.1, 0.15) is 38.6 Å². The van der Waals surface area contributed by atoms with Gasteiger partial charge in [-0.3, -0.25) is 4.79 Å². The number of imidazole rings is 1. The third kappa shape index (κ3) is 4.42. The number of aryl methyl sites for hydroxylation is 1. The molecule has 0 bridgehead atoms. The molecule has 2 aliphatic rings. The molecular weight excluding hydrogens is 351 g/mol. The number of nitrogens with one attached hydrogen (secondary N) is 1. The van der Waals surface area contributed by atoms with Gasteiger partial charge in [0.25, 0.3) is 0 Å². The monoisotopic (exact) mass is 378 g/mol. The van der Waals surface area contributed by atoms with Gasteiger partial charge in [0.1, 0.15) is 11.9 Å². The van der Waals surface area contributed by atoms with E-state index in [-0.39, 0.29) is 42.9 Å². The normalized spacial score (nSPS) is 27.1. The molecule has 3 atom stereocenters. The van der Waals surface area contributed by atoms with Crippen LogP contribution in [0.5, 0.6) is 0 Å². The van der Waals surface area contributed by atoms with Gasteiger partial charge in [-0.1, -0.05) is 6.92 Å². The molecule has 1 aromatic heterocycles. The predicted octanol–water partition coefficient (Wildman–Crippen LogP) is 1.83. The van der Waals surface area contributed by atoms with Crippen molar-refractivity contribution in [3.8, 4) is 0 Å². The van der Waals surface area contributed by atoms with Crippen molar-refractivity contribution in [3.05, 3.63) is 18.2 Å². The first kappa shape index (κ1) is 21.2. The second-order valence-electron chi connectivity index (χ2n) is 6.19. The Labute approximate surface area is 156 Å². The summed E-state index contributed by atoms with van der Waals surface area (Å²) in [4.78, 5) is 19.2. The standard InChI is InChI=1S/C16H26N4O2.2ClH/c1-3-14-17-6-9-20(14)13-5-4-8-19(11-13)16(21)15-12(2)22-10-7-18-15;;/h6,9,12-13,15,18H,3-5,7-8,10-11H2,1-2H3;2*1H/t12-,13?,15+;;/m1../s1. The smallest absolute Gasteiger partial charge is 0.242 e. The number of aromatic nitrogens is 2. The van der Waals surface area contributed by atoms with Crippen LogP contribution in [-0.2, 0) is 16.0 Å². The van der Waals surface area contributed by atoms with Crippen LogP contribution in [-0.4, -0.2) is 58.7 Å². The number of amides is 1. The maximum Gasteiger partial charge on any atom is 0.242 e. The first-order valence-corrected chi connectivity index (χ1v) is 8.36. The van der Waals surface area contributed by atoms with Crippen LogP contribution in [0.4, 0.5) is 0 Å². The molecule has 138 valence electrons. The fourth-order valence-corrected chi connectivity index (χ4v) is 3.54. The molecule has 2 saturated heterocycles. The Balaban J connectivity index is 0.00000144. The Morgan fingerprint density at radius 1 is 1.46 bits per heavy atom. The highest BCUT2D eigenvalue weighted by Crippen LogP contribution is 2.24. The zero-order valence-corrected chi connectivity index (χ0v) is 15.9. The van der Waals surface area contributed by atoms with Gasteiger partial charge in [0.05, 0.1) is 18.8 Å². The van der Waals surface area contributed by atoms with E-state index in [0.29, 0.717) is 12.6 Å². The van der Waals surface area contributed by atoms with Crippen molar-refractivity contribution in [2.24, 2.45) is 0 Å². The summed E-state index contributed by atoms with van der Waals surface area (Å²) >= 11 is 0. The Kier molecular flexibility index (Phi) is 8.50. The van der Waals surface area contributed by atoms with Crippen molar-refractivity contribution in [1.29, 1.82) is 0 Å². The summed E-state index contributed by atoms with van der Waals surface area (Å²) in [7, 11) is 0. The highest BCUT2D eigenvalue weighted by Gasteiger charge is 2.34. The van der Waals surface area contributed by atoms with Gasteiger partial charge in [-0.2, -0.15) is 0 Å². The van der Waals surface area contributed by atoms with Crippen molar-refractivity contribution in [2.45, 2.75) is 51.3 Å². The molecule has 0 spiro atoms. The molecule has 8 heteroatoms. The summed E-state index contributed by atoms with van der Waals surface area (Å²) in [6.45, 7) is 7.14. The van der Waals surface area contributed by atoms with Crippen LogP contribution in [0.15, 0.2) is 12.4 Å². The number of carbonyl (C=O) groups excluding carboxylic acids is 1. The fraction of sp³-hybridized carbons (Fsp3) is 0.750. The van der Waals surface area contributed by atoms with Gasteiger partial charge in [0.2, 0.25) is 5.91 Å². The zero-order chi connectivity index (χ0) is 15.5. The number of morpholine rings is 1. The van der Waals surface area contributed by atoms with E-state index in [4.69, 9.17) is 4.74 Å². The van der Waals surface area contributed by atoms with E-state index in [9.17, 15) is 4.79 Å². The molecule has 0 aromatic carbocycles. The number of piperidine rings is 1. The minimum absolute atomic E-state index is 0. The minimum Gasteiger partial charge on any atom is -0.375 e. The second-order valence-corrected chi connectivity index (χ2v) is 6.19. The average molecular weight is 379 g/mol. The van der Waals surface area contributed by atoms with Gasteiger partial charge in [-0.25, -0.2) is 4.98 Å². The number of halogens is 2. The summed E-state index contributed by atoms with van der Waals surface area (Å²) in [5.74, 6) is 1.28. The van der Waals surface area contributed by atoms with E-state index in [0.717, 1.165) is 44.7 Å². The molecule has 1 amide bonds. The predicted molar refractivity (Wildman–Crippen MR) is 98.2 cm³/mol. The Hall–Kier alpha value is -0.820. The number of hydrogen-bond acceptors (Lipinski definition) is 4. The van der Waals surface area contributed by atoms with Gasteiger partial charge in [-0.05, 0) is 19.8 Å². The van der Waals surface area contributed by atoms with Crippen LogP contribution in [0.2, 0.25) is 0 Å². The maximum absolute atomic E-state index is 12.8. The molecule has 1 N–H and O–H groups in total. The van der Waals surface area contributed by atoms with E-state index >= 15 is 0 Å². The molecule has 3 rings (SSSR count). The summed E-state index contributed by atoms with van der Waals surface area (Å²) in [6, 6.07) is 0.135. The lowest BCUT2D eigenvalue weighted by molar-refractivity contribution is -0.141. The minimum atomic E-state index is -0.207. The highest BCUT2D eigenvalue weighted by atomic mass is 35.5. The topological polar surface area (TPSA) is 59.4 Å². The molecule has 2 fully saturated rings. The van der Waals surface area contributed by atoms with Gasteiger partial charge in [0.15, 0.2) is 0 Å². The van der Waals surface area contributed by atoms with E-state index in [1.807, 2.05) is 24.2 Å². The molecule has 6 nitrogen and oxygen atoms in total. The second kappa shape index (κ2) is 9.61. The van der Waals surface area contributed by atoms with Crippen molar-refractivity contribution >= 4 is 30.7 Å². The Morgan fingerprint density at radius 3 is 2.96 bits per heavy atom. The summed E-state index contributed by atoms with van der Waals surface area (Å²) in [5, 5.41) is 3.30. The van der Waals surface area contributed by atoms with Crippen molar-refractivity contribution in [3.63, 3.8) is 0 Å². The average Bonchev–Trinajstić information content (AvgIpc) is 3.03. The third-order valence-corrected chi connectivity index (χ3v) is 4.75. The van der Waals surface area contributed by atoms with Gasteiger partial charge < -0.3 is 19.5 Å². The van der Waals surface area contributed by atoms with Crippen LogP contribution >= 0.6 is 24.8 Å². The van der Waals surface area contributed by atoms with Crippen molar-refractivity contribution in [1.82, 2.24) is 19.8 Å². The first-order valence-electron chi connectivity index (χ1n) is 8.36. The molecule has 2 aliphatic heterocycles. The highest BCUT2D eigenvalue weighted by molar-refractivity contribution is 5.85. The fourth-order valence-electron chi connectivity index (χ4n) is 3.54. The number of likely N-dealkylation sites (tertiary alicyclic amines) is 1. The molecule has 24 heavy (non-hydrogen) atoms. The number of hydrogen-bond donors (Lipinski definition) is 1. The van der Waals surface area contributed by atoms with Crippen LogP contribution in [0, 0.1) is 0 Å². The summed E-state index contributed by atoms with van der Waals surface area (Å²) in [6.07, 6.45) is 6.92. The van der Waals surface area contributed by atoms with Gasteiger partial charge in [-0.15, -0.1) is 24.8 Å². The molecule has 3 heterocycles. The SMILES string of the molecule is CCc1nccn1C1CCCN(C(=O)[C@H]2NCCO[C@@H]2C)C1.Cl.Cl. The number of nitrogens with zero attached hydrogens (tertiary/aromatic N) is 3. The van der Waals surface area contributed by atoms with E-state index < -0.39 is 0 Å². The van der Waals surface area contributed by atoms with Gasteiger partial charge >= 0.3 is 0 Å². The molecule has 0 saturated carbocycles. The molecule has 0 radical (unpaired) electrons. The van der Waals surface area contributed by atoms with Gasteiger partial charge in [0, 0.05) is 38.4 Å². The lowest BCUT2D eigenvalue weighted by Gasteiger charge is -2.38. The van der Waals surface area contributed by atoms with Crippen LogP contribution in [0.3, 0.4) is 0 Å². The lowest BCUT2D eigenvalue weighted by atomic mass is 10.0. The first-order chi connectivity index (χ1) is 10.7. The van der Waals surface area contributed by atoms with Crippen molar-refractivity contribution in [2.75, 3.05) is 26.2 Å². The summed E-state index contributed by atoms with van der Waals surface area (Å²) < 4.78 is 7.86. The molecule has 0 aliphatic carbocycles. The molecule has 1 aromatic rings.